The molecule has 0 saturated heterocycles. The molecule has 1 atom stereocenters. The maximum atomic E-state index is 13.2. The molecule has 0 spiro atoms. The number of methoxy groups -OCH3 is 1. The van der Waals surface area contributed by atoms with Gasteiger partial charge in [-0.1, -0.05) is 11.6 Å². The van der Waals surface area contributed by atoms with Crippen molar-refractivity contribution in [2.45, 2.75) is 32.2 Å². The van der Waals surface area contributed by atoms with Crippen LogP contribution in [-0.4, -0.2) is 44.1 Å². The van der Waals surface area contributed by atoms with Gasteiger partial charge in [-0.05, 0) is 38.3 Å². The summed E-state index contributed by atoms with van der Waals surface area (Å²) in [5.74, 6) is -0.0215. The molecule has 1 aliphatic rings. The van der Waals surface area contributed by atoms with Crippen molar-refractivity contribution >= 4 is 23.3 Å². The number of aliphatic hydroxyl groups excluding tert-OH is 1. The minimum absolute atomic E-state index is 0.0394. The Hall–Kier alpha value is -1.95. The predicted octanol–water partition coefficient (Wildman–Crippen LogP) is 4.05. The van der Waals surface area contributed by atoms with Crippen LogP contribution in [0.15, 0.2) is 29.5 Å². The molecule has 2 rings (SSSR count). The Morgan fingerprint density at radius 3 is 2.88 bits per heavy atom. The summed E-state index contributed by atoms with van der Waals surface area (Å²) in [6.07, 6.45) is 1.71. The van der Waals surface area contributed by atoms with E-state index >= 15 is 0 Å². The van der Waals surface area contributed by atoms with Crippen molar-refractivity contribution in [2.24, 2.45) is 0 Å². The number of anilines is 1. The Morgan fingerprint density at radius 2 is 2.24 bits per heavy atom. The maximum absolute atomic E-state index is 13.2. The summed E-state index contributed by atoms with van der Waals surface area (Å²) in [7, 11) is 1.53. The van der Waals surface area contributed by atoms with E-state index in [2.05, 4.69) is 0 Å². The molecule has 138 valence electrons. The van der Waals surface area contributed by atoms with Crippen molar-refractivity contribution < 1.29 is 23.8 Å². The molecule has 1 aromatic carbocycles. The molecule has 0 bridgehead atoms. The molecule has 7 heteroatoms. The molecule has 0 heterocycles. The third kappa shape index (κ3) is 4.37. The minimum atomic E-state index is -0.619. The zero-order chi connectivity index (χ0) is 18.4. The van der Waals surface area contributed by atoms with E-state index in [4.69, 9.17) is 21.1 Å². The number of aliphatic hydroxyl groups is 1. The summed E-state index contributed by atoms with van der Waals surface area (Å²) in [5, 5.41) is 11.1. The number of ether oxygens (including phenoxy) is 2. The normalized spacial score (nSPS) is 17.4. The minimum Gasteiger partial charge on any atom is -0.510 e. The lowest BCUT2D eigenvalue weighted by atomic mass is 9.92. The number of esters is 1. The van der Waals surface area contributed by atoms with E-state index in [1.807, 2.05) is 0 Å². The van der Waals surface area contributed by atoms with Crippen molar-refractivity contribution in [3.63, 3.8) is 0 Å². The van der Waals surface area contributed by atoms with Crippen molar-refractivity contribution in [1.29, 1.82) is 0 Å². The van der Waals surface area contributed by atoms with E-state index in [0.717, 1.165) is 0 Å². The molecule has 1 N–H and O–H groups in total. The topological polar surface area (TPSA) is 59.0 Å². The van der Waals surface area contributed by atoms with E-state index in [0.29, 0.717) is 35.7 Å². The quantitative estimate of drug-likeness (QED) is 0.733. The number of alkyl halides is 1. The van der Waals surface area contributed by atoms with E-state index in [1.165, 1.54) is 7.11 Å². The second-order valence-corrected chi connectivity index (χ2v) is 6.10. The SMILES string of the molecule is CCOC(=O)C1=C(O)C(N(CCF)c2cc(OC)ccc2Cl)CCC1. The average molecular weight is 372 g/mol. The number of hydrogen-bond acceptors (Lipinski definition) is 5. The average Bonchev–Trinajstić information content (AvgIpc) is 2.61. The number of benzene rings is 1. The van der Waals surface area contributed by atoms with Crippen molar-refractivity contribution in [3.8, 4) is 5.75 Å². The second kappa shape index (κ2) is 8.94. The van der Waals surface area contributed by atoms with Crippen LogP contribution >= 0.6 is 11.6 Å². The molecule has 0 aliphatic heterocycles. The van der Waals surface area contributed by atoms with Crippen molar-refractivity contribution in [3.05, 3.63) is 34.6 Å². The standard InChI is InChI=1S/C18H23ClFNO4/c1-3-25-18(23)13-5-4-6-15(17(13)22)21(10-9-20)16-11-12(24-2)7-8-14(16)19/h7-8,11,15,22H,3-6,9-10H2,1-2H3. The molecule has 1 unspecified atom stereocenters. The first-order chi connectivity index (χ1) is 12.0. The zero-order valence-electron chi connectivity index (χ0n) is 14.4. The molecule has 0 fully saturated rings. The van der Waals surface area contributed by atoms with Crippen molar-refractivity contribution in [2.75, 3.05) is 31.8 Å². The van der Waals surface area contributed by atoms with Crippen LogP contribution in [0.4, 0.5) is 10.1 Å². The van der Waals surface area contributed by atoms with Gasteiger partial charge in [0.2, 0.25) is 0 Å². The summed E-state index contributed by atoms with van der Waals surface area (Å²) in [4.78, 5) is 13.7. The highest BCUT2D eigenvalue weighted by atomic mass is 35.5. The smallest absolute Gasteiger partial charge is 0.337 e. The van der Waals surface area contributed by atoms with Crippen LogP contribution < -0.4 is 9.64 Å². The summed E-state index contributed by atoms with van der Waals surface area (Å²) < 4.78 is 23.4. The number of halogens is 2. The lowest BCUT2D eigenvalue weighted by Crippen LogP contribution is -2.41. The molecule has 0 radical (unpaired) electrons. The molecular formula is C18H23ClFNO4. The Balaban J connectivity index is 2.42. The van der Waals surface area contributed by atoms with Crippen LogP contribution in [0.3, 0.4) is 0 Å². The van der Waals surface area contributed by atoms with E-state index < -0.39 is 18.7 Å². The van der Waals surface area contributed by atoms with Crippen LogP contribution in [0.1, 0.15) is 26.2 Å². The summed E-state index contributed by atoms with van der Waals surface area (Å²) in [5.41, 5.74) is 0.807. The first-order valence-electron chi connectivity index (χ1n) is 8.28. The van der Waals surface area contributed by atoms with E-state index in [-0.39, 0.29) is 24.5 Å². The largest absolute Gasteiger partial charge is 0.510 e. The first-order valence-corrected chi connectivity index (χ1v) is 8.66. The Morgan fingerprint density at radius 1 is 1.48 bits per heavy atom. The van der Waals surface area contributed by atoms with Crippen molar-refractivity contribution in [1.82, 2.24) is 0 Å². The number of nitrogens with zero attached hydrogens (tertiary/aromatic N) is 1. The van der Waals surface area contributed by atoms with Gasteiger partial charge >= 0.3 is 5.97 Å². The Bertz CT molecular complexity index is 650. The Labute approximate surface area is 152 Å². The van der Waals surface area contributed by atoms with Gasteiger partial charge in [-0.15, -0.1) is 0 Å². The lowest BCUT2D eigenvalue weighted by molar-refractivity contribution is -0.139. The van der Waals surface area contributed by atoms with Gasteiger partial charge in [-0.3, -0.25) is 0 Å². The van der Waals surface area contributed by atoms with Gasteiger partial charge in [0.1, 0.15) is 18.2 Å². The van der Waals surface area contributed by atoms with E-state index in [9.17, 15) is 14.3 Å². The molecule has 0 amide bonds. The molecule has 1 aromatic rings. The highest BCUT2D eigenvalue weighted by Gasteiger charge is 2.32. The van der Waals surface area contributed by atoms with Gasteiger partial charge in [0.25, 0.3) is 0 Å². The molecule has 0 aromatic heterocycles. The maximum Gasteiger partial charge on any atom is 0.337 e. The van der Waals surface area contributed by atoms with Crippen LogP contribution in [0.5, 0.6) is 5.75 Å². The first kappa shape index (κ1) is 19.4. The van der Waals surface area contributed by atoms with Crippen LogP contribution in [0, 0.1) is 0 Å². The fourth-order valence-corrected chi connectivity index (χ4v) is 3.27. The summed E-state index contributed by atoms with van der Waals surface area (Å²) >= 11 is 6.29. The number of rotatable bonds is 7. The third-order valence-corrected chi connectivity index (χ3v) is 4.53. The molecule has 1 aliphatic carbocycles. The fourth-order valence-electron chi connectivity index (χ4n) is 3.04. The summed E-state index contributed by atoms with van der Waals surface area (Å²) in [6.45, 7) is 1.36. The number of hydrogen-bond donors (Lipinski definition) is 1. The lowest BCUT2D eigenvalue weighted by Gasteiger charge is -2.36. The predicted molar refractivity (Wildman–Crippen MR) is 95.3 cm³/mol. The number of carbonyl (C=O) groups excluding carboxylic acids is 1. The molecule has 0 saturated carbocycles. The fraction of sp³-hybridized carbons (Fsp3) is 0.500. The van der Waals surface area contributed by atoms with Gasteiger partial charge in [0, 0.05) is 12.6 Å². The highest BCUT2D eigenvalue weighted by Crippen LogP contribution is 2.36. The molecule has 25 heavy (non-hydrogen) atoms. The van der Waals surface area contributed by atoms with Gasteiger partial charge in [0.15, 0.2) is 0 Å². The molecular weight excluding hydrogens is 349 g/mol. The second-order valence-electron chi connectivity index (χ2n) is 5.69. The number of carbonyl (C=O) groups is 1. The summed E-state index contributed by atoms with van der Waals surface area (Å²) in [6, 6.07) is 4.54. The van der Waals surface area contributed by atoms with Gasteiger partial charge < -0.3 is 19.5 Å². The monoisotopic (exact) mass is 371 g/mol. The van der Waals surface area contributed by atoms with E-state index in [1.54, 1.807) is 30.0 Å². The van der Waals surface area contributed by atoms with Crippen LogP contribution in [0.2, 0.25) is 5.02 Å². The van der Waals surface area contributed by atoms with Gasteiger partial charge in [0.05, 0.1) is 36.0 Å². The van der Waals surface area contributed by atoms with Gasteiger partial charge in [-0.25, -0.2) is 9.18 Å². The highest BCUT2D eigenvalue weighted by molar-refractivity contribution is 6.33. The Kier molecular flexibility index (Phi) is 6.93. The van der Waals surface area contributed by atoms with Gasteiger partial charge in [-0.2, -0.15) is 0 Å². The van der Waals surface area contributed by atoms with Crippen LogP contribution in [0.25, 0.3) is 0 Å². The third-order valence-electron chi connectivity index (χ3n) is 4.22. The molecule has 5 nitrogen and oxygen atoms in total. The van der Waals surface area contributed by atoms with Crippen LogP contribution in [-0.2, 0) is 9.53 Å². The zero-order valence-corrected chi connectivity index (χ0v) is 15.2.